The Bertz CT molecular complexity index is 990. The molecule has 0 radical (unpaired) electrons. The average molecular weight is 353 g/mol. The van der Waals surface area contributed by atoms with E-state index in [0.29, 0.717) is 5.69 Å². The van der Waals surface area contributed by atoms with Crippen molar-refractivity contribution in [2.75, 3.05) is 4.90 Å². The first-order valence-electron chi connectivity index (χ1n) is 9.18. The molecule has 5 rings (SSSR count). The lowest BCUT2D eigenvalue weighted by atomic mass is 9.79. The third-order valence-corrected chi connectivity index (χ3v) is 6.33. The van der Waals surface area contributed by atoms with Crippen LogP contribution in [0.5, 0.6) is 0 Å². The van der Waals surface area contributed by atoms with Crippen LogP contribution in [-0.2, 0) is 15.0 Å². The summed E-state index contributed by atoms with van der Waals surface area (Å²) in [6.07, 6.45) is 0. The van der Waals surface area contributed by atoms with Gasteiger partial charge in [-0.25, -0.2) is 4.90 Å². The Hall–Kier alpha value is -3.20. The summed E-state index contributed by atoms with van der Waals surface area (Å²) in [6.45, 7) is 1.95. The first-order valence-corrected chi connectivity index (χ1v) is 9.18. The van der Waals surface area contributed by atoms with Crippen LogP contribution >= 0.6 is 0 Å². The number of piperidine rings is 1. The first-order chi connectivity index (χ1) is 13.1. The largest absolute Gasteiger partial charge is 0.274 e. The van der Waals surface area contributed by atoms with E-state index in [9.17, 15) is 9.59 Å². The van der Waals surface area contributed by atoms with Crippen LogP contribution in [0.15, 0.2) is 91.0 Å². The Kier molecular flexibility index (Phi) is 3.20. The molecule has 1 saturated carbocycles. The number of anilines is 1. The molecule has 3 heteroatoms. The molecule has 2 amide bonds. The van der Waals surface area contributed by atoms with E-state index in [4.69, 9.17) is 0 Å². The second-order valence-electron chi connectivity index (χ2n) is 7.49. The summed E-state index contributed by atoms with van der Waals surface area (Å²) in [5, 5.41) is 0. The van der Waals surface area contributed by atoms with Gasteiger partial charge in [-0.2, -0.15) is 0 Å². The van der Waals surface area contributed by atoms with Gasteiger partial charge in [0.05, 0.1) is 17.0 Å². The minimum absolute atomic E-state index is 0.110. The quantitative estimate of drug-likeness (QED) is 0.663. The van der Waals surface area contributed by atoms with Gasteiger partial charge in [0.15, 0.2) is 0 Å². The number of benzene rings is 3. The second-order valence-corrected chi connectivity index (χ2v) is 7.49. The van der Waals surface area contributed by atoms with Gasteiger partial charge in [-0.3, -0.25) is 9.59 Å². The minimum Gasteiger partial charge on any atom is -0.274 e. The van der Waals surface area contributed by atoms with E-state index in [1.165, 1.54) is 4.90 Å². The molecule has 0 N–H and O–H groups in total. The monoisotopic (exact) mass is 353 g/mol. The standard InChI is InChI=1S/C24H19NO2/c1-23-20(21(26)25(22(23)27)19-15-9-4-10-16-19)24(23,17-11-5-2-6-12-17)18-13-7-3-8-14-18/h2-16,20H,1H3/t20-,23+/m0/s1. The van der Waals surface area contributed by atoms with E-state index in [0.717, 1.165) is 11.1 Å². The molecule has 0 bridgehead atoms. The molecule has 0 aromatic heterocycles. The van der Waals surface area contributed by atoms with Crippen molar-refractivity contribution in [2.45, 2.75) is 12.3 Å². The number of imide groups is 1. The zero-order valence-electron chi connectivity index (χ0n) is 15.0. The number of carbonyl (C=O) groups is 2. The van der Waals surface area contributed by atoms with E-state index in [1.807, 2.05) is 97.9 Å². The van der Waals surface area contributed by atoms with E-state index < -0.39 is 10.8 Å². The van der Waals surface area contributed by atoms with Crippen molar-refractivity contribution in [1.29, 1.82) is 0 Å². The van der Waals surface area contributed by atoms with Crippen LogP contribution in [0.25, 0.3) is 0 Å². The van der Waals surface area contributed by atoms with Crippen LogP contribution in [0.1, 0.15) is 18.1 Å². The molecular formula is C24H19NO2. The molecule has 3 aromatic carbocycles. The Morgan fingerprint density at radius 2 is 1.15 bits per heavy atom. The smallest absolute Gasteiger partial charge is 0.241 e. The number of hydrogen-bond acceptors (Lipinski definition) is 2. The van der Waals surface area contributed by atoms with Gasteiger partial charge in [0.1, 0.15) is 0 Å². The third-order valence-electron chi connectivity index (χ3n) is 6.33. The Morgan fingerprint density at radius 3 is 1.56 bits per heavy atom. The van der Waals surface area contributed by atoms with Gasteiger partial charge >= 0.3 is 0 Å². The fourth-order valence-electron chi connectivity index (χ4n) is 5.13. The maximum atomic E-state index is 13.5. The summed E-state index contributed by atoms with van der Waals surface area (Å²) in [4.78, 5) is 28.3. The van der Waals surface area contributed by atoms with E-state index in [2.05, 4.69) is 0 Å². The molecule has 1 saturated heterocycles. The highest BCUT2D eigenvalue weighted by Crippen LogP contribution is 2.76. The fraction of sp³-hybridized carbons (Fsp3) is 0.167. The molecule has 2 atom stereocenters. The molecule has 3 nitrogen and oxygen atoms in total. The number of para-hydroxylation sites is 1. The van der Waals surface area contributed by atoms with E-state index in [1.54, 1.807) is 0 Å². The lowest BCUT2D eigenvalue weighted by Gasteiger charge is -2.29. The minimum atomic E-state index is -0.775. The van der Waals surface area contributed by atoms with Gasteiger partial charge in [0, 0.05) is 5.41 Å². The molecule has 1 aliphatic heterocycles. The molecular weight excluding hydrogens is 334 g/mol. The lowest BCUT2D eigenvalue weighted by molar-refractivity contribution is -0.125. The van der Waals surface area contributed by atoms with Gasteiger partial charge in [0.2, 0.25) is 11.8 Å². The number of hydrogen-bond donors (Lipinski definition) is 0. The Morgan fingerprint density at radius 1 is 0.704 bits per heavy atom. The number of fused-ring (bicyclic) bond motifs is 1. The molecule has 2 fully saturated rings. The van der Waals surface area contributed by atoms with Crippen LogP contribution < -0.4 is 4.90 Å². The zero-order chi connectivity index (χ0) is 18.6. The van der Waals surface area contributed by atoms with Gasteiger partial charge in [-0.15, -0.1) is 0 Å². The van der Waals surface area contributed by atoms with E-state index in [-0.39, 0.29) is 17.7 Å². The van der Waals surface area contributed by atoms with Crippen LogP contribution in [0, 0.1) is 11.3 Å². The van der Waals surface area contributed by atoms with Crippen LogP contribution in [-0.4, -0.2) is 11.8 Å². The van der Waals surface area contributed by atoms with Crippen molar-refractivity contribution < 1.29 is 9.59 Å². The number of rotatable bonds is 3. The Labute approximate surface area is 158 Å². The number of carbonyl (C=O) groups excluding carboxylic acids is 2. The highest BCUT2D eigenvalue weighted by atomic mass is 16.2. The van der Waals surface area contributed by atoms with Crippen molar-refractivity contribution in [3.8, 4) is 0 Å². The predicted octanol–water partition coefficient (Wildman–Crippen LogP) is 4.18. The van der Waals surface area contributed by atoms with E-state index >= 15 is 0 Å². The van der Waals surface area contributed by atoms with Crippen LogP contribution in [0.4, 0.5) is 5.69 Å². The van der Waals surface area contributed by atoms with Crippen LogP contribution in [0.3, 0.4) is 0 Å². The molecule has 132 valence electrons. The van der Waals surface area contributed by atoms with Gasteiger partial charge in [-0.1, -0.05) is 78.9 Å². The average Bonchev–Trinajstić information content (AvgIpc) is 3.25. The van der Waals surface area contributed by atoms with Crippen molar-refractivity contribution >= 4 is 17.5 Å². The topological polar surface area (TPSA) is 37.4 Å². The van der Waals surface area contributed by atoms with Crippen molar-refractivity contribution in [3.63, 3.8) is 0 Å². The molecule has 2 aliphatic rings. The molecule has 1 heterocycles. The molecule has 1 aliphatic carbocycles. The zero-order valence-corrected chi connectivity index (χ0v) is 15.0. The highest BCUT2D eigenvalue weighted by Gasteiger charge is 2.86. The number of amides is 2. The van der Waals surface area contributed by atoms with Crippen molar-refractivity contribution in [1.82, 2.24) is 0 Å². The first kappa shape index (κ1) is 16.0. The summed E-state index contributed by atoms with van der Waals surface area (Å²) >= 11 is 0. The molecule has 3 aromatic rings. The van der Waals surface area contributed by atoms with Gasteiger partial charge < -0.3 is 0 Å². The summed E-state index contributed by atoms with van der Waals surface area (Å²) in [5.74, 6) is -0.611. The molecule has 0 spiro atoms. The maximum Gasteiger partial charge on any atom is 0.241 e. The highest BCUT2D eigenvalue weighted by molar-refractivity contribution is 6.29. The van der Waals surface area contributed by atoms with Crippen LogP contribution in [0.2, 0.25) is 0 Å². The second kappa shape index (κ2) is 5.40. The predicted molar refractivity (Wildman–Crippen MR) is 104 cm³/mol. The SMILES string of the molecule is C[C@]12C(=O)N(c3ccccc3)C(=O)[C@@H]1C2(c1ccccc1)c1ccccc1. The summed E-state index contributed by atoms with van der Waals surface area (Å²) in [6, 6.07) is 29.2. The maximum absolute atomic E-state index is 13.5. The summed E-state index contributed by atoms with van der Waals surface area (Å²) in [5.41, 5.74) is 1.32. The fourth-order valence-corrected chi connectivity index (χ4v) is 5.13. The summed E-state index contributed by atoms with van der Waals surface area (Å²) < 4.78 is 0. The summed E-state index contributed by atoms with van der Waals surface area (Å²) in [7, 11) is 0. The lowest BCUT2D eigenvalue weighted by Crippen LogP contribution is -2.42. The molecule has 0 unspecified atom stereocenters. The van der Waals surface area contributed by atoms with Crippen molar-refractivity contribution in [2.24, 2.45) is 11.3 Å². The normalized spacial score (nSPS) is 25.4. The van der Waals surface area contributed by atoms with Crippen molar-refractivity contribution in [3.05, 3.63) is 102 Å². The molecule has 27 heavy (non-hydrogen) atoms. The van der Waals surface area contributed by atoms with Gasteiger partial charge in [-0.05, 0) is 30.2 Å². The Balaban J connectivity index is 1.70. The third kappa shape index (κ3) is 1.81. The number of nitrogens with zero attached hydrogens (tertiary/aromatic N) is 1. The van der Waals surface area contributed by atoms with Gasteiger partial charge in [0.25, 0.3) is 0 Å².